The number of rotatable bonds is 10. The first-order valence-electron chi connectivity index (χ1n) is 11.3. The van der Waals surface area contributed by atoms with E-state index in [1.54, 1.807) is 0 Å². The fourth-order valence-corrected chi connectivity index (χ4v) is 3.76. The van der Waals surface area contributed by atoms with Crippen LogP contribution in [0.1, 0.15) is 46.1 Å². The van der Waals surface area contributed by atoms with Crippen LogP contribution in [-0.2, 0) is 20.7 Å². The molecule has 0 amide bonds. The van der Waals surface area contributed by atoms with E-state index in [2.05, 4.69) is 26.9 Å². The van der Waals surface area contributed by atoms with Crippen LogP contribution in [0.25, 0.3) is 11.1 Å². The number of benzene rings is 2. The Bertz CT molecular complexity index is 1030. The van der Waals surface area contributed by atoms with Gasteiger partial charge in [-0.25, -0.2) is 5.53 Å². The van der Waals surface area contributed by atoms with Crippen LogP contribution < -0.4 is 21.8 Å². The Balaban J connectivity index is 1.77. The van der Waals surface area contributed by atoms with E-state index in [1.807, 2.05) is 76.2 Å². The van der Waals surface area contributed by atoms with E-state index in [0.717, 1.165) is 16.7 Å². The maximum Gasteiger partial charge on any atom is 0.323 e. The number of halogens is 1. The third-order valence-corrected chi connectivity index (χ3v) is 5.47. The molecule has 2 aromatic carbocycles. The SMILES string of the molecule is CC[C@H](N[C@@H](Cc1ccc(-c2cccc(Cl)c2)cc1)C(=O)CC1=NNNN1)C(=O)OC(C)(C)C. The van der Waals surface area contributed by atoms with Gasteiger partial charge in [0.15, 0.2) is 5.78 Å². The maximum absolute atomic E-state index is 13.2. The normalized spacial score (nSPS) is 15.0. The lowest BCUT2D eigenvalue weighted by atomic mass is 9.96. The predicted octanol–water partition coefficient (Wildman–Crippen LogP) is 3.51. The average molecular weight is 486 g/mol. The molecule has 1 aliphatic rings. The Morgan fingerprint density at radius 3 is 2.41 bits per heavy atom. The van der Waals surface area contributed by atoms with Crippen LogP contribution in [0.15, 0.2) is 53.6 Å². The minimum Gasteiger partial charge on any atom is -0.459 e. The lowest BCUT2D eigenvalue weighted by molar-refractivity contribution is -0.157. The van der Waals surface area contributed by atoms with E-state index < -0.39 is 17.7 Å². The summed E-state index contributed by atoms with van der Waals surface area (Å²) in [6.45, 7) is 7.36. The summed E-state index contributed by atoms with van der Waals surface area (Å²) in [7, 11) is 0. The maximum atomic E-state index is 13.2. The second-order valence-corrected chi connectivity index (χ2v) is 9.62. The molecule has 0 fully saturated rings. The standard InChI is InChI=1S/C25H32ClN5O3/c1-5-20(24(33)34-25(2,3)4)27-21(22(32)15-23-28-30-31-29-23)13-16-9-11-17(12-10-16)18-7-6-8-19(26)14-18/h6-12,14,20-21,27,30-31H,5,13,15H2,1-4H3,(H,28,29)/t20-,21-/m0/s1. The highest BCUT2D eigenvalue weighted by Gasteiger charge is 2.29. The first kappa shape index (κ1) is 25.7. The van der Waals surface area contributed by atoms with Gasteiger partial charge in [0.1, 0.15) is 17.5 Å². The summed E-state index contributed by atoms with van der Waals surface area (Å²) in [6.07, 6.45) is 1.000. The largest absolute Gasteiger partial charge is 0.459 e. The first-order valence-corrected chi connectivity index (χ1v) is 11.7. The summed E-state index contributed by atoms with van der Waals surface area (Å²) in [5.74, 6) is 0.0277. The molecule has 0 unspecified atom stereocenters. The number of Topliss-reactive ketones (excluding diaryl/α,β-unsaturated/α-hetero) is 1. The second kappa shape index (κ2) is 11.5. The van der Waals surface area contributed by atoms with Crippen molar-refractivity contribution in [3.8, 4) is 11.1 Å². The van der Waals surface area contributed by atoms with E-state index in [0.29, 0.717) is 23.7 Å². The van der Waals surface area contributed by atoms with Crippen LogP contribution in [0, 0.1) is 0 Å². The monoisotopic (exact) mass is 485 g/mol. The van der Waals surface area contributed by atoms with Gasteiger partial charge in [0.2, 0.25) is 0 Å². The smallest absolute Gasteiger partial charge is 0.323 e. The molecule has 0 saturated heterocycles. The van der Waals surface area contributed by atoms with Gasteiger partial charge in [-0.1, -0.05) is 54.9 Å². The molecule has 4 N–H and O–H groups in total. The van der Waals surface area contributed by atoms with E-state index in [9.17, 15) is 9.59 Å². The van der Waals surface area contributed by atoms with Gasteiger partial charge in [-0.2, -0.15) is 0 Å². The molecule has 3 rings (SSSR count). The number of hydrazine groups is 2. The molecule has 0 spiro atoms. The summed E-state index contributed by atoms with van der Waals surface area (Å²) in [4.78, 5) is 25.9. The fraction of sp³-hybridized carbons (Fsp3) is 0.400. The van der Waals surface area contributed by atoms with Crippen LogP contribution in [0.5, 0.6) is 0 Å². The predicted molar refractivity (Wildman–Crippen MR) is 134 cm³/mol. The van der Waals surface area contributed by atoms with Gasteiger partial charge in [0, 0.05) is 5.02 Å². The summed E-state index contributed by atoms with van der Waals surface area (Å²) in [6, 6.07) is 14.4. The molecule has 34 heavy (non-hydrogen) atoms. The van der Waals surface area contributed by atoms with Crippen molar-refractivity contribution in [3.05, 3.63) is 59.1 Å². The molecule has 0 aromatic heterocycles. The van der Waals surface area contributed by atoms with Crippen LogP contribution in [0.4, 0.5) is 0 Å². The highest BCUT2D eigenvalue weighted by Crippen LogP contribution is 2.23. The van der Waals surface area contributed by atoms with Crippen molar-refractivity contribution in [2.24, 2.45) is 5.10 Å². The van der Waals surface area contributed by atoms with E-state index >= 15 is 0 Å². The zero-order chi connectivity index (χ0) is 24.7. The number of carbonyl (C=O) groups excluding carboxylic acids is 2. The highest BCUT2D eigenvalue weighted by atomic mass is 35.5. The number of carbonyl (C=O) groups is 2. The number of hydrogen-bond acceptors (Lipinski definition) is 8. The molecular weight excluding hydrogens is 454 g/mol. The van der Waals surface area contributed by atoms with E-state index in [4.69, 9.17) is 16.3 Å². The van der Waals surface area contributed by atoms with Gasteiger partial charge in [0.05, 0.1) is 12.5 Å². The number of nitrogens with zero attached hydrogens (tertiary/aromatic N) is 1. The van der Waals surface area contributed by atoms with Gasteiger partial charge in [0.25, 0.3) is 0 Å². The number of ketones is 1. The molecule has 0 radical (unpaired) electrons. The third kappa shape index (κ3) is 7.55. The fourth-order valence-electron chi connectivity index (χ4n) is 3.57. The molecule has 9 heteroatoms. The lowest BCUT2D eigenvalue weighted by Crippen LogP contribution is -2.50. The number of esters is 1. The van der Waals surface area contributed by atoms with Crippen LogP contribution in [-0.4, -0.2) is 35.3 Å². The Kier molecular flexibility index (Phi) is 8.66. The van der Waals surface area contributed by atoms with Crippen LogP contribution in [0.2, 0.25) is 5.02 Å². The quantitative estimate of drug-likeness (QED) is 0.382. The van der Waals surface area contributed by atoms with Gasteiger partial charge in [-0.05, 0) is 62.4 Å². The first-order chi connectivity index (χ1) is 16.1. The molecule has 0 aliphatic carbocycles. The molecule has 182 valence electrons. The number of hydrazone groups is 1. The topological polar surface area (TPSA) is 104 Å². The third-order valence-electron chi connectivity index (χ3n) is 5.24. The molecule has 0 bridgehead atoms. The van der Waals surface area contributed by atoms with Crippen molar-refractivity contribution < 1.29 is 14.3 Å². The molecule has 0 saturated carbocycles. The number of nitrogens with one attached hydrogen (secondary N) is 4. The lowest BCUT2D eigenvalue weighted by Gasteiger charge is -2.27. The Labute approximate surface area is 205 Å². The minimum absolute atomic E-state index is 0.0855. The Hall–Kier alpha value is -2.94. The highest BCUT2D eigenvalue weighted by molar-refractivity contribution is 6.30. The van der Waals surface area contributed by atoms with Crippen LogP contribution in [0.3, 0.4) is 0 Å². The molecule has 2 atom stereocenters. The van der Waals surface area contributed by atoms with Gasteiger partial charge in [-0.3, -0.25) is 20.3 Å². The molecular formula is C25H32ClN5O3. The number of hydrogen-bond donors (Lipinski definition) is 4. The molecule has 2 aromatic rings. The average Bonchev–Trinajstić information content (AvgIpc) is 3.28. The summed E-state index contributed by atoms with van der Waals surface area (Å²) in [5, 5.41) is 7.91. The molecule has 8 nitrogen and oxygen atoms in total. The Morgan fingerprint density at radius 2 is 1.82 bits per heavy atom. The van der Waals surface area contributed by atoms with Crippen molar-refractivity contribution in [2.75, 3.05) is 0 Å². The Morgan fingerprint density at radius 1 is 1.09 bits per heavy atom. The number of ether oxygens (including phenoxy) is 1. The second-order valence-electron chi connectivity index (χ2n) is 9.19. The van der Waals surface area contributed by atoms with Gasteiger partial charge < -0.3 is 4.74 Å². The molecule has 1 heterocycles. The zero-order valence-corrected chi connectivity index (χ0v) is 20.7. The molecule has 1 aliphatic heterocycles. The van der Waals surface area contributed by atoms with E-state index in [1.165, 1.54) is 0 Å². The summed E-state index contributed by atoms with van der Waals surface area (Å²) >= 11 is 6.12. The van der Waals surface area contributed by atoms with Gasteiger partial charge in [-0.15, -0.1) is 10.6 Å². The van der Waals surface area contributed by atoms with Crippen molar-refractivity contribution >= 4 is 29.2 Å². The minimum atomic E-state index is -0.609. The summed E-state index contributed by atoms with van der Waals surface area (Å²) < 4.78 is 5.55. The van der Waals surface area contributed by atoms with Crippen LogP contribution >= 0.6 is 11.6 Å². The number of amidine groups is 1. The van der Waals surface area contributed by atoms with Crippen molar-refractivity contribution in [1.29, 1.82) is 0 Å². The van der Waals surface area contributed by atoms with Crippen molar-refractivity contribution in [1.82, 2.24) is 21.8 Å². The van der Waals surface area contributed by atoms with Crippen molar-refractivity contribution in [2.45, 2.75) is 64.6 Å². The van der Waals surface area contributed by atoms with Gasteiger partial charge >= 0.3 is 5.97 Å². The van der Waals surface area contributed by atoms with Crippen molar-refractivity contribution in [3.63, 3.8) is 0 Å². The van der Waals surface area contributed by atoms with E-state index in [-0.39, 0.29) is 18.2 Å². The summed E-state index contributed by atoms with van der Waals surface area (Å²) in [5.41, 5.74) is 10.4. The zero-order valence-electron chi connectivity index (χ0n) is 19.9.